The Morgan fingerprint density at radius 1 is 1.00 bits per heavy atom. The lowest BCUT2D eigenvalue weighted by molar-refractivity contribution is -0.182. The van der Waals surface area contributed by atoms with E-state index in [4.69, 9.17) is 4.74 Å². The molecule has 0 N–H and O–H groups in total. The van der Waals surface area contributed by atoms with Crippen molar-refractivity contribution in [2.24, 2.45) is 57.7 Å². The molecule has 5 saturated carbocycles. The number of fused-ring (bicyclic) bond motifs is 4. The fourth-order valence-electron chi connectivity index (χ4n) is 10.7. The van der Waals surface area contributed by atoms with Crippen LogP contribution < -0.4 is 0 Å². The first-order valence-corrected chi connectivity index (χ1v) is 13.8. The Morgan fingerprint density at radius 3 is 2.45 bits per heavy atom. The Kier molecular flexibility index (Phi) is 5.38. The van der Waals surface area contributed by atoms with Gasteiger partial charge in [0.25, 0.3) is 0 Å². The molecule has 0 heterocycles. The van der Waals surface area contributed by atoms with Gasteiger partial charge in [0.2, 0.25) is 0 Å². The number of rotatable bonds is 6. The smallest absolute Gasteiger partial charge is 0.302 e. The quantitative estimate of drug-likeness (QED) is 0.406. The highest BCUT2D eigenvalue weighted by molar-refractivity contribution is 5.66. The Labute approximate surface area is 191 Å². The molecule has 0 saturated heterocycles. The molecule has 5 aliphatic rings. The van der Waals surface area contributed by atoms with E-state index in [1.54, 1.807) is 6.92 Å². The molecular formula is C29H48O2. The maximum Gasteiger partial charge on any atom is 0.302 e. The molecule has 0 aromatic heterocycles. The van der Waals surface area contributed by atoms with Crippen LogP contribution >= 0.6 is 0 Å². The van der Waals surface area contributed by atoms with Crippen LogP contribution in [0.25, 0.3) is 0 Å². The second-order valence-corrected chi connectivity index (χ2v) is 13.6. The van der Waals surface area contributed by atoms with Gasteiger partial charge in [0.05, 0.1) is 0 Å². The van der Waals surface area contributed by atoms with Gasteiger partial charge >= 0.3 is 5.97 Å². The molecule has 10 unspecified atom stereocenters. The van der Waals surface area contributed by atoms with E-state index in [1.807, 2.05) is 0 Å². The van der Waals surface area contributed by atoms with E-state index in [9.17, 15) is 4.79 Å². The van der Waals surface area contributed by atoms with Gasteiger partial charge in [0.15, 0.2) is 0 Å². The monoisotopic (exact) mass is 428 g/mol. The van der Waals surface area contributed by atoms with E-state index in [-0.39, 0.29) is 12.1 Å². The summed E-state index contributed by atoms with van der Waals surface area (Å²) in [5.41, 5.74) is 1.28. The van der Waals surface area contributed by atoms with E-state index in [0.717, 1.165) is 41.4 Å². The molecule has 0 aromatic rings. The van der Waals surface area contributed by atoms with Crippen molar-refractivity contribution in [3.63, 3.8) is 0 Å². The summed E-state index contributed by atoms with van der Waals surface area (Å²) in [5, 5.41) is 0. The molecule has 176 valence electrons. The molecule has 2 nitrogen and oxygen atoms in total. The van der Waals surface area contributed by atoms with Gasteiger partial charge in [-0.2, -0.15) is 0 Å². The first-order chi connectivity index (χ1) is 14.6. The predicted molar refractivity (Wildman–Crippen MR) is 126 cm³/mol. The van der Waals surface area contributed by atoms with Gasteiger partial charge in [-0.05, 0) is 104 Å². The third-order valence-corrected chi connectivity index (χ3v) is 12.1. The van der Waals surface area contributed by atoms with E-state index >= 15 is 0 Å². The topological polar surface area (TPSA) is 26.3 Å². The van der Waals surface area contributed by atoms with E-state index in [1.165, 1.54) is 70.6 Å². The van der Waals surface area contributed by atoms with Crippen LogP contribution in [0.15, 0.2) is 0 Å². The highest BCUT2D eigenvalue weighted by atomic mass is 16.5. The van der Waals surface area contributed by atoms with Crippen molar-refractivity contribution < 1.29 is 9.53 Å². The Balaban J connectivity index is 1.37. The first-order valence-electron chi connectivity index (χ1n) is 13.8. The molecule has 0 aliphatic heterocycles. The zero-order valence-corrected chi connectivity index (χ0v) is 21.2. The van der Waals surface area contributed by atoms with Crippen molar-refractivity contribution in [2.45, 2.75) is 118 Å². The zero-order valence-electron chi connectivity index (χ0n) is 21.2. The summed E-state index contributed by atoms with van der Waals surface area (Å²) in [6.45, 7) is 14.2. The molecule has 5 fully saturated rings. The third kappa shape index (κ3) is 3.12. The minimum absolute atomic E-state index is 0.0423. The molecule has 0 radical (unpaired) electrons. The fourth-order valence-corrected chi connectivity index (χ4v) is 10.7. The van der Waals surface area contributed by atoms with Crippen LogP contribution in [-0.4, -0.2) is 12.1 Å². The summed E-state index contributed by atoms with van der Waals surface area (Å²) in [4.78, 5) is 12.1. The van der Waals surface area contributed by atoms with Crippen molar-refractivity contribution in [1.29, 1.82) is 0 Å². The summed E-state index contributed by atoms with van der Waals surface area (Å²) >= 11 is 0. The lowest BCUT2D eigenvalue weighted by Gasteiger charge is -2.60. The van der Waals surface area contributed by atoms with Crippen LogP contribution in [0, 0.1) is 57.7 Å². The number of carbonyl (C=O) groups excluding carboxylic acids is 1. The summed E-state index contributed by atoms with van der Waals surface area (Å²) < 4.78 is 6.16. The molecule has 31 heavy (non-hydrogen) atoms. The fraction of sp³-hybridized carbons (Fsp3) is 0.966. The van der Waals surface area contributed by atoms with Crippen LogP contribution in [0.1, 0.15) is 112 Å². The SMILES string of the molecule is CC(=O)OC1CC2C3CCC(C(C)CCCC(C)C)C3(C)CCC2C2(C)CCC3CC312. The largest absolute Gasteiger partial charge is 0.462 e. The van der Waals surface area contributed by atoms with Gasteiger partial charge in [0, 0.05) is 12.3 Å². The van der Waals surface area contributed by atoms with Crippen LogP contribution in [0.5, 0.6) is 0 Å². The maximum absolute atomic E-state index is 12.1. The highest BCUT2D eigenvalue weighted by Crippen LogP contribution is 2.82. The van der Waals surface area contributed by atoms with Gasteiger partial charge in [0.1, 0.15) is 6.10 Å². The Hall–Kier alpha value is -0.530. The number of esters is 1. The molecule has 10 atom stereocenters. The lowest BCUT2D eigenvalue weighted by atomic mass is 9.45. The predicted octanol–water partition coefficient (Wildman–Crippen LogP) is 7.65. The highest BCUT2D eigenvalue weighted by Gasteiger charge is 2.78. The number of hydrogen-bond acceptors (Lipinski definition) is 2. The molecule has 5 rings (SSSR count). The molecular weight excluding hydrogens is 380 g/mol. The lowest BCUT2D eigenvalue weighted by Crippen LogP contribution is -2.57. The second kappa shape index (κ2) is 7.49. The molecule has 0 amide bonds. The van der Waals surface area contributed by atoms with Crippen LogP contribution in [0.4, 0.5) is 0 Å². The average Bonchev–Trinajstić information content (AvgIpc) is 3.20. The van der Waals surface area contributed by atoms with E-state index in [2.05, 4.69) is 34.6 Å². The van der Waals surface area contributed by atoms with E-state index in [0.29, 0.717) is 16.2 Å². The molecule has 2 heteroatoms. The van der Waals surface area contributed by atoms with Crippen LogP contribution in [0.3, 0.4) is 0 Å². The molecule has 1 spiro atoms. The van der Waals surface area contributed by atoms with Gasteiger partial charge < -0.3 is 4.74 Å². The zero-order chi connectivity index (χ0) is 22.2. The van der Waals surface area contributed by atoms with Crippen molar-refractivity contribution >= 4 is 5.97 Å². The standard InChI is InChI=1S/C29H48O2/c1-18(2)8-7-9-19(3)23-10-11-24-22-16-26(31-20(4)30)29-17-21(29)12-15-28(29,6)25(22)13-14-27(23,24)5/h18-19,21-26H,7-17H2,1-6H3. The molecule has 0 aromatic carbocycles. The van der Waals surface area contributed by atoms with Crippen LogP contribution in [-0.2, 0) is 9.53 Å². The van der Waals surface area contributed by atoms with Crippen molar-refractivity contribution in [1.82, 2.24) is 0 Å². The second-order valence-electron chi connectivity index (χ2n) is 13.6. The maximum atomic E-state index is 12.1. The van der Waals surface area contributed by atoms with Crippen molar-refractivity contribution in [2.75, 3.05) is 0 Å². The number of carbonyl (C=O) groups is 1. The van der Waals surface area contributed by atoms with Gasteiger partial charge in [-0.15, -0.1) is 0 Å². The normalized spacial score (nSPS) is 50.9. The van der Waals surface area contributed by atoms with Crippen molar-refractivity contribution in [3.8, 4) is 0 Å². The van der Waals surface area contributed by atoms with Gasteiger partial charge in [-0.25, -0.2) is 0 Å². The van der Waals surface area contributed by atoms with E-state index < -0.39 is 0 Å². The first kappa shape index (κ1) is 22.3. The van der Waals surface area contributed by atoms with Gasteiger partial charge in [-0.3, -0.25) is 4.79 Å². The van der Waals surface area contributed by atoms with Crippen LogP contribution in [0.2, 0.25) is 0 Å². The summed E-state index contributed by atoms with van der Waals surface area (Å²) in [7, 11) is 0. The van der Waals surface area contributed by atoms with Crippen molar-refractivity contribution in [3.05, 3.63) is 0 Å². The number of ether oxygens (including phenoxy) is 1. The molecule has 5 aliphatic carbocycles. The summed E-state index contributed by atoms with van der Waals surface area (Å²) in [5.74, 6) is 5.91. The Bertz CT molecular complexity index is 714. The Morgan fingerprint density at radius 2 is 1.77 bits per heavy atom. The number of hydrogen-bond donors (Lipinski definition) is 0. The minimum atomic E-state index is -0.0423. The minimum Gasteiger partial charge on any atom is -0.462 e. The third-order valence-electron chi connectivity index (χ3n) is 12.1. The summed E-state index contributed by atoms with van der Waals surface area (Å²) in [6, 6.07) is 0. The average molecular weight is 429 g/mol. The molecule has 0 bridgehead atoms. The summed E-state index contributed by atoms with van der Waals surface area (Å²) in [6.07, 6.45) is 15.4. The van der Waals surface area contributed by atoms with Gasteiger partial charge in [-0.1, -0.05) is 53.9 Å².